The van der Waals surface area contributed by atoms with Gasteiger partial charge in [-0.2, -0.15) is 0 Å². The smallest absolute Gasteiger partial charge is 0.288 e. The molecule has 0 aromatic heterocycles. The first-order valence-corrected chi connectivity index (χ1v) is 9.21. The molecule has 1 heterocycles. The fourth-order valence-electron chi connectivity index (χ4n) is 3.10. The third-order valence-electron chi connectivity index (χ3n) is 4.52. The lowest BCUT2D eigenvalue weighted by atomic mass is 10.1. The Bertz CT molecular complexity index is 863. The second kappa shape index (κ2) is 9.01. The third kappa shape index (κ3) is 4.98. The Hall–Kier alpha value is -2.68. The number of hydrogen-bond acceptors (Lipinski definition) is 6. The van der Waals surface area contributed by atoms with Crippen LogP contribution in [0.25, 0.3) is 0 Å². The number of morpholine rings is 1. The van der Waals surface area contributed by atoms with Crippen molar-refractivity contribution in [2.24, 2.45) is 0 Å². The summed E-state index contributed by atoms with van der Waals surface area (Å²) in [5.74, 6) is -0.499. The molecule has 148 valence electrons. The number of carbonyl (C=O) groups is 1. The molecule has 1 amide bonds. The SMILES string of the molecule is Nc1cc(Cl)c([N+](=O)[O-])cc1C(=O)NCC1CN(Cc2ccccc2)CCO1. The Morgan fingerprint density at radius 1 is 1.36 bits per heavy atom. The Morgan fingerprint density at radius 2 is 2.11 bits per heavy atom. The molecule has 0 bridgehead atoms. The minimum absolute atomic E-state index is 0.0213. The summed E-state index contributed by atoms with van der Waals surface area (Å²) >= 11 is 5.80. The number of halogens is 1. The standard InChI is InChI=1S/C19H21ClN4O4/c20-16-9-17(21)15(8-18(16)24(26)27)19(25)22-10-14-12-23(6-7-28-14)11-13-4-2-1-3-5-13/h1-5,8-9,14H,6-7,10-12,21H2,(H,22,25). The van der Waals surface area contributed by atoms with Gasteiger partial charge in [0.2, 0.25) is 0 Å². The summed E-state index contributed by atoms with van der Waals surface area (Å²) in [4.78, 5) is 25.1. The fourth-order valence-corrected chi connectivity index (χ4v) is 3.35. The summed E-state index contributed by atoms with van der Waals surface area (Å²) < 4.78 is 5.73. The molecular formula is C19H21ClN4O4. The molecule has 0 spiro atoms. The topological polar surface area (TPSA) is 111 Å². The maximum atomic E-state index is 12.4. The molecule has 9 heteroatoms. The van der Waals surface area contributed by atoms with Gasteiger partial charge in [0.1, 0.15) is 5.02 Å². The van der Waals surface area contributed by atoms with Crippen LogP contribution >= 0.6 is 11.6 Å². The van der Waals surface area contributed by atoms with Crippen molar-refractivity contribution in [1.82, 2.24) is 10.2 Å². The number of benzene rings is 2. The van der Waals surface area contributed by atoms with Gasteiger partial charge in [0.15, 0.2) is 0 Å². The molecule has 3 rings (SSSR count). The van der Waals surface area contributed by atoms with E-state index in [0.29, 0.717) is 13.2 Å². The summed E-state index contributed by atoms with van der Waals surface area (Å²) in [5, 5.41) is 13.7. The van der Waals surface area contributed by atoms with Gasteiger partial charge in [-0.15, -0.1) is 0 Å². The van der Waals surface area contributed by atoms with E-state index in [0.717, 1.165) is 19.2 Å². The van der Waals surface area contributed by atoms with Crippen molar-refractivity contribution >= 4 is 28.9 Å². The molecule has 28 heavy (non-hydrogen) atoms. The number of carbonyl (C=O) groups excluding carboxylic acids is 1. The predicted octanol–water partition coefficient (Wildman–Crippen LogP) is 2.46. The van der Waals surface area contributed by atoms with Crippen LogP contribution < -0.4 is 11.1 Å². The number of nitrogens with two attached hydrogens (primary N) is 1. The van der Waals surface area contributed by atoms with Crippen LogP contribution in [0.2, 0.25) is 5.02 Å². The Labute approximate surface area is 167 Å². The van der Waals surface area contributed by atoms with Crippen LogP contribution in [0.4, 0.5) is 11.4 Å². The molecule has 1 aliphatic heterocycles. The molecule has 1 atom stereocenters. The van der Waals surface area contributed by atoms with Gasteiger partial charge >= 0.3 is 0 Å². The van der Waals surface area contributed by atoms with E-state index in [4.69, 9.17) is 22.1 Å². The first-order chi connectivity index (χ1) is 13.4. The molecule has 2 aromatic carbocycles. The number of nitrogens with one attached hydrogen (secondary N) is 1. The molecule has 0 aliphatic carbocycles. The number of amides is 1. The Morgan fingerprint density at radius 3 is 2.82 bits per heavy atom. The maximum Gasteiger partial charge on any atom is 0.288 e. The van der Waals surface area contributed by atoms with Crippen molar-refractivity contribution < 1.29 is 14.5 Å². The molecule has 1 unspecified atom stereocenters. The highest BCUT2D eigenvalue weighted by atomic mass is 35.5. The largest absolute Gasteiger partial charge is 0.398 e. The van der Waals surface area contributed by atoms with Gasteiger partial charge in [0, 0.05) is 37.9 Å². The summed E-state index contributed by atoms with van der Waals surface area (Å²) in [5.41, 5.74) is 6.77. The van der Waals surface area contributed by atoms with Crippen molar-refractivity contribution in [3.05, 3.63) is 68.7 Å². The van der Waals surface area contributed by atoms with Gasteiger partial charge in [0.05, 0.1) is 23.2 Å². The lowest BCUT2D eigenvalue weighted by Crippen LogP contribution is -2.47. The number of hydrogen-bond donors (Lipinski definition) is 2. The number of nitrogen functional groups attached to an aromatic ring is 1. The molecular weight excluding hydrogens is 384 g/mol. The van der Waals surface area contributed by atoms with Crippen LogP contribution in [0.5, 0.6) is 0 Å². The average Bonchev–Trinajstić information content (AvgIpc) is 2.67. The zero-order chi connectivity index (χ0) is 20.1. The first kappa shape index (κ1) is 20.1. The molecule has 3 N–H and O–H groups in total. The van der Waals surface area contributed by atoms with Gasteiger partial charge in [-0.05, 0) is 11.6 Å². The molecule has 1 aliphatic rings. The van der Waals surface area contributed by atoms with E-state index in [-0.39, 0.29) is 34.6 Å². The number of ether oxygens (including phenoxy) is 1. The average molecular weight is 405 g/mol. The second-order valence-electron chi connectivity index (χ2n) is 6.57. The minimum Gasteiger partial charge on any atom is -0.398 e. The maximum absolute atomic E-state index is 12.4. The summed E-state index contributed by atoms with van der Waals surface area (Å²) in [6.07, 6.45) is -0.176. The zero-order valence-corrected chi connectivity index (χ0v) is 15.9. The third-order valence-corrected chi connectivity index (χ3v) is 4.83. The first-order valence-electron chi connectivity index (χ1n) is 8.83. The van der Waals surface area contributed by atoms with E-state index < -0.39 is 10.8 Å². The fraction of sp³-hybridized carbons (Fsp3) is 0.316. The van der Waals surface area contributed by atoms with E-state index in [2.05, 4.69) is 22.3 Å². The predicted molar refractivity (Wildman–Crippen MR) is 106 cm³/mol. The van der Waals surface area contributed by atoms with Crippen molar-refractivity contribution in [2.75, 3.05) is 32.0 Å². The quantitative estimate of drug-likeness (QED) is 0.434. The molecule has 0 radical (unpaired) electrons. The number of nitro groups is 1. The van der Waals surface area contributed by atoms with Crippen molar-refractivity contribution in [3.8, 4) is 0 Å². The van der Waals surface area contributed by atoms with E-state index in [1.807, 2.05) is 18.2 Å². The van der Waals surface area contributed by atoms with Crippen LogP contribution in [-0.2, 0) is 11.3 Å². The highest BCUT2D eigenvalue weighted by molar-refractivity contribution is 6.33. The normalized spacial score (nSPS) is 17.2. The van der Waals surface area contributed by atoms with E-state index in [1.54, 1.807) is 0 Å². The zero-order valence-electron chi connectivity index (χ0n) is 15.1. The van der Waals surface area contributed by atoms with E-state index in [9.17, 15) is 14.9 Å². The van der Waals surface area contributed by atoms with E-state index in [1.165, 1.54) is 11.6 Å². The molecule has 8 nitrogen and oxygen atoms in total. The van der Waals surface area contributed by atoms with Crippen LogP contribution in [0, 0.1) is 10.1 Å². The summed E-state index contributed by atoms with van der Waals surface area (Å²) in [6.45, 7) is 3.15. The highest BCUT2D eigenvalue weighted by Gasteiger charge is 2.23. The monoisotopic (exact) mass is 404 g/mol. The summed E-state index contributed by atoms with van der Waals surface area (Å²) in [6, 6.07) is 12.4. The number of nitrogens with zero attached hydrogens (tertiary/aromatic N) is 2. The second-order valence-corrected chi connectivity index (χ2v) is 6.98. The van der Waals surface area contributed by atoms with Crippen molar-refractivity contribution in [2.45, 2.75) is 12.6 Å². The number of nitro benzene ring substituents is 1. The Balaban J connectivity index is 1.58. The van der Waals surface area contributed by atoms with Gasteiger partial charge < -0.3 is 15.8 Å². The van der Waals surface area contributed by atoms with Gasteiger partial charge in [-0.3, -0.25) is 19.8 Å². The molecule has 2 aromatic rings. The highest BCUT2D eigenvalue weighted by Crippen LogP contribution is 2.29. The summed E-state index contributed by atoms with van der Waals surface area (Å²) in [7, 11) is 0. The number of anilines is 1. The molecule has 1 fully saturated rings. The van der Waals surface area contributed by atoms with Gasteiger partial charge in [-0.1, -0.05) is 41.9 Å². The molecule has 0 saturated carbocycles. The van der Waals surface area contributed by atoms with Crippen LogP contribution in [-0.4, -0.2) is 48.1 Å². The van der Waals surface area contributed by atoms with Crippen molar-refractivity contribution in [3.63, 3.8) is 0 Å². The molecule has 1 saturated heterocycles. The van der Waals surface area contributed by atoms with Crippen molar-refractivity contribution in [1.29, 1.82) is 0 Å². The van der Waals surface area contributed by atoms with Gasteiger partial charge in [-0.25, -0.2) is 0 Å². The van der Waals surface area contributed by atoms with Crippen LogP contribution in [0.1, 0.15) is 15.9 Å². The van der Waals surface area contributed by atoms with Crippen LogP contribution in [0.3, 0.4) is 0 Å². The number of rotatable bonds is 6. The van der Waals surface area contributed by atoms with Crippen LogP contribution in [0.15, 0.2) is 42.5 Å². The lowest BCUT2D eigenvalue weighted by Gasteiger charge is -2.33. The minimum atomic E-state index is -0.649. The van der Waals surface area contributed by atoms with Gasteiger partial charge in [0.25, 0.3) is 11.6 Å². The lowest BCUT2D eigenvalue weighted by molar-refractivity contribution is -0.384. The Kier molecular flexibility index (Phi) is 6.45. The van der Waals surface area contributed by atoms with E-state index >= 15 is 0 Å².